The first kappa shape index (κ1) is 19.9. The minimum Gasteiger partial charge on any atom is -0.356 e. The van der Waals surface area contributed by atoms with E-state index in [1.807, 2.05) is 12.1 Å². The van der Waals surface area contributed by atoms with Crippen molar-refractivity contribution < 1.29 is 9.18 Å². The molecule has 0 atom stereocenters. The summed E-state index contributed by atoms with van der Waals surface area (Å²) in [6, 6.07) is 13.9. The molecule has 0 heterocycles. The van der Waals surface area contributed by atoms with Gasteiger partial charge in [-0.2, -0.15) is 0 Å². The zero-order chi connectivity index (χ0) is 18.8. The van der Waals surface area contributed by atoms with Crippen molar-refractivity contribution in [1.29, 1.82) is 0 Å². The van der Waals surface area contributed by atoms with Gasteiger partial charge < -0.3 is 16.0 Å². The maximum atomic E-state index is 13.6. The molecule has 1 amide bonds. The van der Waals surface area contributed by atoms with Crippen molar-refractivity contribution >= 4 is 27.8 Å². The average molecular weight is 421 g/mol. The van der Waals surface area contributed by atoms with Crippen LogP contribution in [0, 0.1) is 5.82 Å². The Kier molecular flexibility index (Phi) is 8.08. The van der Waals surface area contributed by atoms with E-state index >= 15 is 0 Å². The normalized spacial score (nSPS) is 11.1. The molecule has 26 heavy (non-hydrogen) atoms. The number of rotatable bonds is 7. The Balaban J connectivity index is 1.66. The van der Waals surface area contributed by atoms with Crippen molar-refractivity contribution in [2.45, 2.75) is 13.0 Å². The van der Waals surface area contributed by atoms with Gasteiger partial charge in [0.25, 0.3) is 5.91 Å². The van der Waals surface area contributed by atoms with Gasteiger partial charge in [0.15, 0.2) is 5.96 Å². The largest absolute Gasteiger partial charge is 0.356 e. The van der Waals surface area contributed by atoms with Crippen LogP contribution in [0.25, 0.3) is 0 Å². The van der Waals surface area contributed by atoms with Gasteiger partial charge >= 0.3 is 0 Å². The Hall–Kier alpha value is -2.41. The fourth-order valence-electron chi connectivity index (χ4n) is 2.27. The van der Waals surface area contributed by atoms with Gasteiger partial charge in [-0.1, -0.05) is 40.2 Å². The van der Waals surface area contributed by atoms with E-state index in [4.69, 9.17) is 0 Å². The van der Waals surface area contributed by atoms with Gasteiger partial charge in [0.05, 0.1) is 0 Å². The summed E-state index contributed by atoms with van der Waals surface area (Å²) in [6.07, 6.45) is 0.736. The molecule has 0 aromatic heterocycles. The summed E-state index contributed by atoms with van der Waals surface area (Å²) < 4.78 is 14.5. The summed E-state index contributed by atoms with van der Waals surface area (Å²) in [7, 11) is 1.66. The number of aliphatic imine (C=N–C) groups is 1. The van der Waals surface area contributed by atoms with E-state index in [9.17, 15) is 9.18 Å². The highest BCUT2D eigenvalue weighted by molar-refractivity contribution is 9.10. The Morgan fingerprint density at radius 1 is 1.08 bits per heavy atom. The van der Waals surface area contributed by atoms with Crippen molar-refractivity contribution in [2.24, 2.45) is 4.99 Å². The van der Waals surface area contributed by atoms with Crippen LogP contribution in [0.1, 0.15) is 22.3 Å². The number of carbonyl (C=O) groups is 1. The molecular formula is C19H22BrFN4O. The summed E-state index contributed by atoms with van der Waals surface area (Å²) in [6.45, 7) is 1.53. The third-order valence-electron chi connectivity index (χ3n) is 3.65. The zero-order valence-corrected chi connectivity index (χ0v) is 16.1. The van der Waals surface area contributed by atoms with Crippen molar-refractivity contribution in [3.05, 3.63) is 69.9 Å². The van der Waals surface area contributed by atoms with Gasteiger partial charge in [0.2, 0.25) is 0 Å². The van der Waals surface area contributed by atoms with E-state index in [0.717, 1.165) is 10.9 Å². The Morgan fingerprint density at radius 2 is 1.85 bits per heavy atom. The van der Waals surface area contributed by atoms with Gasteiger partial charge in [-0.3, -0.25) is 9.79 Å². The summed E-state index contributed by atoms with van der Waals surface area (Å²) in [5.74, 6) is 0.241. The zero-order valence-electron chi connectivity index (χ0n) is 14.6. The molecule has 0 saturated carbocycles. The molecule has 5 nitrogen and oxygen atoms in total. The topological polar surface area (TPSA) is 65.5 Å². The number of hydrogen-bond donors (Lipinski definition) is 3. The molecule has 7 heteroatoms. The predicted octanol–water partition coefficient (Wildman–Crippen LogP) is 3.07. The fourth-order valence-corrected chi connectivity index (χ4v) is 2.67. The maximum absolute atomic E-state index is 13.6. The minimum absolute atomic E-state index is 0.103. The lowest BCUT2D eigenvalue weighted by Crippen LogP contribution is -2.38. The number of amides is 1. The van der Waals surface area contributed by atoms with Crippen LogP contribution >= 0.6 is 15.9 Å². The highest BCUT2D eigenvalue weighted by Crippen LogP contribution is 2.11. The molecule has 0 unspecified atom stereocenters. The molecule has 2 aromatic carbocycles. The first-order chi connectivity index (χ1) is 12.6. The number of guanidine groups is 1. The number of nitrogens with zero attached hydrogens (tertiary/aromatic N) is 1. The predicted molar refractivity (Wildman–Crippen MR) is 106 cm³/mol. The molecule has 0 fully saturated rings. The number of benzene rings is 2. The second kappa shape index (κ2) is 10.6. The van der Waals surface area contributed by atoms with Crippen LogP contribution < -0.4 is 16.0 Å². The van der Waals surface area contributed by atoms with Crippen LogP contribution in [0.3, 0.4) is 0 Å². The van der Waals surface area contributed by atoms with E-state index < -0.39 is 0 Å². The average Bonchev–Trinajstić information content (AvgIpc) is 2.65. The van der Waals surface area contributed by atoms with Crippen molar-refractivity contribution in [1.82, 2.24) is 16.0 Å². The Bertz CT molecular complexity index is 767. The lowest BCUT2D eigenvalue weighted by atomic mass is 10.2. The van der Waals surface area contributed by atoms with E-state index in [1.165, 1.54) is 6.07 Å². The third-order valence-corrected chi connectivity index (χ3v) is 4.14. The molecule has 0 radical (unpaired) electrons. The number of nitrogens with one attached hydrogen (secondary N) is 3. The quantitative estimate of drug-likeness (QED) is 0.366. The van der Waals surface area contributed by atoms with Crippen LogP contribution in [-0.4, -0.2) is 32.0 Å². The lowest BCUT2D eigenvalue weighted by Gasteiger charge is -2.12. The molecule has 3 N–H and O–H groups in total. The van der Waals surface area contributed by atoms with Gasteiger partial charge in [0.1, 0.15) is 5.82 Å². The second-order valence-corrected chi connectivity index (χ2v) is 6.48. The summed E-state index contributed by atoms with van der Waals surface area (Å²) in [5, 5.41) is 9.08. The molecule has 0 aliphatic carbocycles. The minimum atomic E-state index is -0.245. The van der Waals surface area contributed by atoms with Crippen LogP contribution in [0.15, 0.2) is 58.0 Å². The molecule has 0 spiro atoms. The molecule has 2 rings (SSSR count). The first-order valence-corrected chi connectivity index (χ1v) is 9.11. The van der Waals surface area contributed by atoms with Crippen LogP contribution in [0.5, 0.6) is 0 Å². The van der Waals surface area contributed by atoms with E-state index in [0.29, 0.717) is 36.7 Å². The van der Waals surface area contributed by atoms with Crippen LogP contribution in [0.4, 0.5) is 4.39 Å². The Labute approximate surface area is 161 Å². The van der Waals surface area contributed by atoms with Gasteiger partial charge in [0, 0.05) is 42.3 Å². The maximum Gasteiger partial charge on any atom is 0.251 e. The Morgan fingerprint density at radius 3 is 2.58 bits per heavy atom. The lowest BCUT2D eigenvalue weighted by molar-refractivity contribution is 0.0953. The van der Waals surface area contributed by atoms with Gasteiger partial charge in [-0.15, -0.1) is 0 Å². The van der Waals surface area contributed by atoms with E-state index in [1.54, 1.807) is 37.4 Å². The van der Waals surface area contributed by atoms with Gasteiger partial charge in [-0.05, 0) is 30.7 Å². The summed E-state index contributed by atoms with van der Waals surface area (Å²) in [4.78, 5) is 16.1. The number of hydrogen-bond acceptors (Lipinski definition) is 2. The monoisotopic (exact) mass is 420 g/mol. The van der Waals surface area contributed by atoms with Crippen LogP contribution in [-0.2, 0) is 6.54 Å². The van der Waals surface area contributed by atoms with Crippen molar-refractivity contribution in [3.8, 4) is 0 Å². The highest BCUT2D eigenvalue weighted by atomic mass is 79.9. The number of halogens is 2. The van der Waals surface area contributed by atoms with Crippen LogP contribution in [0.2, 0.25) is 0 Å². The van der Waals surface area contributed by atoms with E-state index in [2.05, 4.69) is 36.9 Å². The smallest absolute Gasteiger partial charge is 0.251 e. The molecule has 138 valence electrons. The fraction of sp³-hybridized carbons (Fsp3) is 0.263. The molecule has 0 aliphatic rings. The first-order valence-electron chi connectivity index (χ1n) is 8.32. The second-order valence-electron chi connectivity index (χ2n) is 5.56. The number of carbonyl (C=O) groups excluding carboxylic acids is 1. The summed E-state index contributed by atoms with van der Waals surface area (Å²) in [5.41, 5.74) is 1.20. The van der Waals surface area contributed by atoms with Crippen molar-refractivity contribution in [2.75, 3.05) is 20.1 Å². The third kappa shape index (κ3) is 6.48. The van der Waals surface area contributed by atoms with Crippen molar-refractivity contribution in [3.63, 3.8) is 0 Å². The standard InChI is InChI=1S/C19H22BrFN4O/c1-22-19(25-13-15-6-2-3-9-17(15)21)24-11-5-10-23-18(26)14-7-4-8-16(20)12-14/h2-4,6-9,12H,5,10-11,13H2,1H3,(H,23,26)(H2,22,24,25). The molecule has 0 bridgehead atoms. The molecule has 2 aromatic rings. The highest BCUT2D eigenvalue weighted by Gasteiger charge is 2.05. The molecular weight excluding hydrogens is 399 g/mol. The van der Waals surface area contributed by atoms with Gasteiger partial charge in [-0.25, -0.2) is 4.39 Å². The SMILES string of the molecule is CN=C(NCCCNC(=O)c1cccc(Br)c1)NCc1ccccc1F. The van der Waals surface area contributed by atoms with E-state index in [-0.39, 0.29) is 11.7 Å². The summed E-state index contributed by atoms with van der Waals surface area (Å²) >= 11 is 3.35. The molecule has 0 saturated heterocycles. The molecule has 0 aliphatic heterocycles.